The van der Waals surface area contributed by atoms with Gasteiger partial charge in [-0.3, -0.25) is 0 Å². The second-order valence-electron chi connectivity index (χ2n) is 2.03. The fourth-order valence-electron chi connectivity index (χ4n) is 0.816. The Kier molecular flexibility index (Phi) is 2.70. The normalized spacial score (nSPS) is 9.67. The third kappa shape index (κ3) is 1.74. The summed E-state index contributed by atoms with van der Waals surface area (Å²) in [7, 11) is 0. The van der Waals surface area contributed by atoms with E-state index in [9.17, 15) is 0 Å². The molecule has 0 aromatic heterocycles. The Morgan fingerprint density at radius 1 is 1.42 bits per heavy atom. The topological polar surface area (TPSA) is 87.1 Å². The van der Waals surface area contributed by atoms with E-state index in [-0.39, 0.29) is 0 Å². The molecular weight excluding hydrogens is 154 g/mol. The third-order valence-corrected chi connectivity index (χ3v) is 1.30. The lowest BCUT2D eigenvalue weighted by atomic mass is 10.2. The number of nitrogens with two attached hydrogens (primary N) is 1. The zero-order valence-electron chi connectivity index (χ0n) is 6.25. The maximum atomic E-state index is 8.19. The highest BCUT2D eigenvalue weighted by molar-refractivity contribution is 5.86. The molecular formula is C7H7N5. The highest BCUT2D eigenvalue weighted by Crippen LogP contribution is 2.16. The first-order valence-corrected chi connectivity index (χ1v) is 3.26. The van der Waals surface area contributed by atoms with E-state index in [0.717, 1.165) is 0 Å². The minimum atomic E-state index is 0.522. The monoisotopic (exact) mass is 161 g/mol. The van der Waals surface area contributed by atoms with Crippen LogP contribution in [0.15, 0.2) is 34.5 Å². The number of rotatable bonds is 2. The number of nitrogens with zero attached hydrogens (tertiary/aromatic N) is 4. The molecule has 0 aliphatic rings. The van der Waals surface area contributed by atoms with Crippen molar-refractivity contribution < 1.29 is 0 Å². The summed E-state index contributed by atoms with van der Waals surface area (Å²) in [5.41, 5.74) is 9.42. The summed E-state index contributed by atoms with van der Waals surface area (Å²) in [5.74, 6) is 4.96. The van der Waals surface area contributed by atoms with Crippen molar-refractivity contribution in [2.75, 3.05) is 0 Å². The van der Waals surface area contributed by atoms with Gasteiger partial charge in [0.2, 0.25) is 0 Å². The Morgan fingerprint density at radius 3 is 2.83 bits per heavy atom. The average molecular weight is 161 g/mol. The van der Waals surface area contributed by atoms with E-state index in [2.05, 4.69) is 15.1 Å². The van der Waals surface area contributed by atoms with Gasteiger partial charge in [0, 0.05) is 16.2 Å². The lowest BCUT2D eigenvalue weighted by molar-refractivity contribution is 1.26. The van der Waals surface area contributed by atoms with Crippen LogP contribution in [0.2, 0.25) is 0 Å². The molecule has 0 spiro atoms. The molecule has 1 aromatic rings. The van der Waals surface area contributed by atoms with Crippen molar-refractivity contribution in [1.82, 2.24) is 0 Å². The van der Waals surface area contributed by atoms with E-state index >= 15 is 0 Å². The Labute approximate surface area is 69.1 Å². The molecule has 0 atom stereocenters. The predicted octanol–water partition coefficient (Wildman–Crippen LogP) is 1.92. The maximum Gasteiger partial charge on any atom is 0.0542 e. The van der Waals surface area contributed by atoms with Gasteiger partial charge >= 0.3 is 0 Å². The van der Waals surface area contributed by atoms with Gasteiger partial charge in [-0.1, -0.05) is 29.4 Å². The van der Waals surface area contributed by atoms with E-state index in [1.807, 2.05) is 6.07 Å². The van der Waals surface area contributed by atoms with Crippen LogP contribution in [-0.2, 0) is 0 Å². The smallest absolute Gasteiger partial charge is 0.0542 e. The quantitative estimate of drug-likeness (QED) is 0.176. The van der Waals surface area contributed by atoms with E-state index in [0.29, 0.717) is 11.3 Å². The van der Waals surface area contributed by atoms with Crippen LogP contribution >= 0.6 is 0 Å². The number of benzene rings is 1. The fourth-order valence-corrected chi connectivity index (χ4v) is 0.816. The summed E-state index contributed by atoms with van der Waals surface area (Å²) in [6, 6.07) is 7.04. The molecule has 0 saturated heterocycles. The number of hydrogen-bond acceptors (Lipinski definition) is 3. The highest BCUT2D eigenvalue weighted by atomic mass is 15.1. The van der Waals surface area contributed by atoms with Crippen molar-refractivity contribution in [3.63, 3.8) is 0 Å². The van der Waals surface area contributed by atoms with Gasteiger partial charge in [-0.2, -0.15) is 5.10 Å². The molecule has 5 nitrogen and oxygen atoms in total. The zero-order valence-corrected chi connectivity index (χ0v) is 6.25. The largest absolute Gasteiger partial charge is 0.323 e. The summed E-state index contributed by atoms with van der Waals surface area (Å²) in [4.78, 5) is 2.67. The number of azide groups is 1. The average Bonchev–Trinajstić information content (AvgIpc) is 2.09. The second kappa shape index (κ2) is 4.00. The lowest BCUT2D eigenvalue weighted by Gasteiger charge is -1.95. The minimum Gasteiger partial charge on any atom is -0.323 e. The van der Waals surface area contributed by atoms with Crippen molar-refractivity contribution in [3.8, 4) is 0 Å². The zero-order chi connectivity index (χ0) is 8.81. The Balaban J connectivity index is 3.16. The van der Waals surface area contributed by atoms with Crippen LogP contribution in [0.1, 0.15) is 5.56 Å². The summed E-state index contributed by atoms with van der Waals surface area (Å²) in [5, 5.41) is 6.80. The summed E-state index contributed by atoms with van der Waals surface area (Å²) in [6.45, 7) is 0. The SMILES string of the molecule is [N-]=[N+]=Nc1ccccc1C=NN. The van der Waals surface area contributed by atoms with Gasteiger partial charge in [-0.25, -0.2) is 0 Å². The standard InChI is InChI=1S/C7H7N5/c8-10-5-6-3-1-2-4-7(6)11-12-9/h1-5H,8H2. The van der Waals surface area contributed by atoms with Gasteiger partial charge in [-0.15, -0.1) is 0 Å². The van der Waals surface area contributed by atoms with E-state index in [1.165, 1.54) is 6.21 Å². The minimum absolute atomic E-state index is 0.522. The molecule has 2 N–H and O–H groups in total. The first kappa shape index (κ1) is 8.10. The Morgan fingerprint density at radius 2 is 2.17 bits per heavy atom. The molecule has 1 aromatic carbocycles. The molecule has 5 heteroatoms. The molecule has 0 saturated carbocycles. The van der Waals surface area contributed by atoms with Crippen molar-refractivity contribution in [2.45, 2.75) is 0 Å². The lowest BCUT2D eigenvalue weighted by Crippen LogP contribution is -1.85. The number of hydrazone groups is 1. The molecule has 0 bridgehead atoms. The van der Waals surface area contributed by atoms with Gasteiger partial charge in [0.05, 0.1) is 6.21 Å². The van der Waals surface area contributed by atoms with E-state index < -0.39 is 0 Å². The van der Waals surface area contributed by atoms with Crippen molar-refractivity contribution in [1.29, 1.82) is 0 Å². The molecule has 0 aliphatic carbocycles. The van der Waals surface area contributed by atoms with Gasteiger partial charge in [0.15, 0.2) is 0 Å². The van der Waals surface area contributed by atoms with E-state index in [4.69, 9.17) is 11.4 Å². The van der Waals surface area contributed by atoms with Gasteiger partial charge in [0.25, 0.3) is 0 Å². The van der Waals surface area contributed by atoms with Crippen LogP contribution in [0.25, 0.3) is 10.4 Å². The Bertz CT molecular complexity index is 337. The first-order chi connectivity index (χ1) is 5.88. The molecule has 0 fully saturated rings. The van der Waals surface area contributed by atoms with Gasteiger partial charge in [0.1, 0.15) is 0 Å². The summed E-state index contributed by atoms with van der Waals surface area (Å²) in [6.07, 6.45) is 1.43. The summed E-state index contributed by atoms with van der Waals surface area (Å²) < 4.78 is 0. The summed E-state index contributed by atoms with van der Waals surface area (Å²) >= 11 is 0. The molecule has 0 aliphatic heterocycles. The van der Waals surface area contributed by atoms with Crippen molar-refractivity contribution in [2.24, 2.45) is 16.1 Å². The predicted molar refractivity (Wildman–Crippen MR) is 47.0 cm³/mol. The van der Waals surface area contributed by atoms with Crippen LogP contribution in [0.3, 0.4) is 0 Å². The van der Waals surface area contributed by atoms with Crippen LogP contribution in [-0.4, -0.2) is 6.21 Å². The van der Waals surface area contributed by atoms with Gasteiger partial charge in [-0.05, 0) is 5.53 Å². The molecule has 0 heterocycles. The fraction of sp³-hybridized carbons (Fsp3) is 0. The third-order valence-electron chi connectivity index (χ3n) is 1.30. The molecule has 60 valence electrons. The van der Waals surface area contributed by atoms with Crippen LogP contribution < -0.4 is 5.84 Å². The molecule has 0 amide bonds. The maximum absolute atomic E-state index is 8.19. The highest BCUT2D eigenvalue weighted by Gasteiger charge is 1.93. The van der Waals surface area contributed by atoms with Crippen molar-refractivity contribution in [3.05, 3.63) is 40.3 Å². The second-order valence-corrected chi connectivity index (χ2v) is 2.03. The van der Waals surface area contributed by atoms with Gasteiger partial charge < -0.3 is 5.84 Å². The first-order valence-electron chi connectivity index (χ1n) is 3.26. The Hall–Kier alpha value is -2.00. The van der Waals surface area contributed by atoms with Crippen LogP contribution in [0.5, 0.6) is 0 Å². The number of hydrogen-bond donors (Lipinski definition) is 1. The van der Waals surface area contributed by atoms with Crippen LogP contribution in [0, 0.1) is 0 Å². The molecule has 0 unspecified atom stereocenters. The molecule has 0 radical (unpaired) electrons. The van der Waals surface area contributed by atoms with Crippen molar-refractivity contribution >= 4 is 11.9 Å². The van der Waals surface area contributed by atoms with E-state index in [1.54, 1.807) is 18.2 Å². The molecule has 1 rings (SSSR count). The van der Waals surface area contributed by atoms with Crippen LogP contribution in [0.4, 0.5) is 5.69 Å². The molecule has 12 heavy (non-hydrogen) atoms.